The third-order valence-corrected chi connectivity index (χ3v) is 1.78. The second-order valence-electron chi connectivity index (χ2n) is 1.17. The summed E-state index contributed by atoms with van der Waals surface area (Å²) in [6.45, 7) is 0. The van der Waals surface area contributed by atoms with E-state index in [1.54, 1.807) is 0 Å². The molecule has 1 aromatic heterocycles. The van der Waals surface area contributed by atoms with Crippen LogP contribution in [0, 0.1) is 0 Å². The van der Waals surface area contributed by atoms with E-state index in [1.807, 2.05) is 28.9 Å². The Labute approximate surface area is 48.9 Å². The number of halogens is 1. The van der Waals surface area contributed by atoms with Gasteiger partial charge in [0.25, 0.3) is 0 Å². The van der Waals surface area contributed by atoms with Crippen LogP contribution in [0.2, 0.25) is 0 Å². The summed E-state index contributed by atoms with van der Waals surface area (Å²) in [5.74, 6) is 0. The highest BCUT2D eigenvalue weighted by atomic mass is 35.7. The zero-order valence-corrected chi connectivity index (χ0v) is 5.39. The van der Waals surface area contributed by atoms with Crippen molar-refractivity contribution in [3.8, 4) is 0 Å². The molecular weight excluding hydrogens is 128 g/mol. The molecule has 0 fully saturated rings. The minimum absolute atomic E-state index is 0.343. The van der Waals surface area contributed by atoms with Gasteiger partial charge in [0.2, 0.25) is 0 Å². The van der Waals surface area contributed by atoms with E-state index in [2.05, 4.69) is 0 Å². The molecule has 38 valence electrons. The molecule has 0 aromatic carbocycles. The number of hydrogen-bond acceptors (Lipinski definition) is 0. The summed E-state index contributed by atoms with van der Waals surface area (Å²) in [4.78, 5) is 0. The van der Waals surface area contributed by atoms with Crippen molar-refractivity contribution in [3.63, 3.8) is 0 Å². The minimum atomic E-state index is 0.343. The Kier molecular flexibility index (Phi) is 1.72. The quantitative estimate of drug-likeness (QED) is 0.517. The van der Waals surface area contributed by atoms with E-state index in [1.165, 1.54) is 0 Å². The van der Waals surface area contributed by atoms with Gasteiger partial charge in [-0.1, -0.05) is 11.2 Å². The first-order chi connectivity index (χ1) is 3.43. The Hall–Kier alpha value is 0. The molecule has 0 spiro atoms. The molecule has 0 aliphatic rings. The van der Waals surface area contributed by atoms with Gasteiger partial charge >= 0.3 is 0 Å². The van der Waals surface area contributed by atoms with Crippen molar-refractivity contribution in [1.82, 2.24) is 4.34 Å². The first kappa shape index (κ1) is 5.14. The van der Waals surface area contributed by atoms with Crippen molar-refractivity contribution in [2.45, 2.75) is 0 Å². The molecule has 1 aromatic rings. The average Bonchev–Trinajstić information content (AvgIpc) is 2.14. The van der Waals surface area contributed by atoms with E-state index in [0.29, 0.717) is 8.08 Å². The van der Waals surface area contributed by atoms with Gasteiger partial charge in [-0.15, -0.1) is 0 Å². The fourth-order valence-corrected chi connectivity index (χ4v) is 1.01. The van der Waals surface area contributed by atoms with Gasteiger partial charge in [0.1, 0.15) is 0 Å². The summed E-state index contributed by atoms with van der Waals surface area (Å²) in [7, 11) is 0.343. The van der Waals surface area contributed by atoms with Crippen LogP contribution in [0.15, 0.2) is 24.5 Å². The average molecular weight is 134 g/mol. The second kappa shape index (κ2) is 2.34. The van der Waals surface area contributed by atoms with Gasteiger partial charge in [0.05, 0.1) is 8.08 Å². The van der Waals surface area contributed by atoms with E-state index in [9.17, 15) is 0 Å². The molecular formula is C4H5ClNP. The third-order valence-electron chi connectivity index (χ3n) is 0.702. The molecule has 7 heavy (non-hydrogen) atoms. The predicted octanol–water partition coefficient (Wildman–Crippen LogP) is 2.08. The SMILES string of the molecule is ClPn1cccc1. The Morgan fingerprint density at radius 3 is 2.14 bits per heavy atom. The van der Waals surface area contributed by atoms with Crippen LogP contribution < -0.4 is 0 Å². The smallest absolute Gasteiger partial charge is 0.0781 e. The molecule has 0 saturated carbocycles. The lowest BCUT2D eigenvalue weighted by Gasteiger charge is -1.87. The number of hydrogen-bond donors (Lipinski definition) is 0. The molecule has 0 aliphatic carbocycles. The summed E-state index contributed by atoms with van der Waals surface area (Å²) in [6, 6.07) is 3.91. The molecule has 0 saturated heterocycles. The molecule has 1 heterocycles. The number of aromatic nitrogens is 1. The highest BCUT2D eigenvalue weighted by Crippen LogP contribution is 2.17. The van der Waals surface area contributed by atoms with Gasteiger partial charge in [-0.2, -0.15) is 0 Å². The fraction of sp³-hybridized carbons (Fsp3) is 0. The summed E-state index contributed by atoms with van der Waals surface area (Å²) < 4.78 is 1.92. The summed E-state index contributed by atoms with van der Waals surface area (Å²) in [6.07, 6.45) is 3.87. The van der Waals surface area contributed by atoms with Crippen molar-refractivity contribution in [2.24, 2.45) is 0 Å². The lowest BCUT2D eigenvalue weighted by molar-refractivity contribution is 1.29. The standard InChI is InChI=1S/C4H5ClNP/c5-7-6-3-1-2-4-6/h1-4,7H. The number of nitrogens with zero attached hydrogens (tertiary/aromatic N) is 1. The maximum atomic E-state index is 5.46. The van der Waals surface area contributed by atoms with Gasteiger partial charge in [0, 0.05) is 12.4 Å². The molecule has 0 radical (unpaired) electrons. The molecule has 1 unspecified atom stereocenters. The van der Waals surface area contributed by atoms with Crippen LogP contribution in [0.3, 0.4) is 0 Å². The Bertz CT molecular complexity index is 126. The molecule has 1 rings (SSSR count). The molecule has 1 nitrogen and oxygen atoms in total. The van der Waals surface area contributed by atoms with Crippen LogP contribution >= 0.6 is 19.3 Å². The van der Waals surface area contributed by atoms with Gasteiger partial charge in [-0.05, 0) is 12.1 Å². The molecule has 0 aliphatic heterocycles. The van der Waals surface area contributed by atoms with Crippen molar-refractivity contribution < 1.29 is 0 Å². The summed E-state index contributed by atoms with van der Waals surface area (Å²) >= 11 is 5.46. The topological polar surface area (TPSA) is 4.93 Å². The van der Waals surface area contributed by atoms with E-state index < -0.39 is 0 Å². The van der Waals surface area contributed by atoms with Crippen LogP contribution in [0.4, 0.5) is 0 Å². The Morgan fingerprint density at radius 2 is 1.86 bits per heavy atom. The largest absolute Gasteiger partial charge is 0.322 e. The zero-order valence-electron chi connectivity index (χ0n) is 3.63. The van der Waals surface area contributed by atoms with Crippen molar-refractivity contribution in [1.29, 1.82) is 0 Å². The molecule has 0 N–H and O–H groups in total. The maximum Gasteiger partial charge on any atom is 0.0781 e. The van der Waals surface area contributed by atoms with Gasteiger partial charge in [-0.3, -0.25) is 0 Å². The lowest BCUT2D eigenvalue weighted by Crippen LogP contribution is -1.66. The maximum absolute atomic E-state index is 5.46. The lowest BCUT2D eigenvalue weighted by atomic mass is 10.7. The van der Waals surface area contributed by atoms with Crippen molar-refractivity contribution in [3.05, 3.63) is 24.5 Å². The van der Waals surface area contributed by atoms with Crippen molar-refractivity contribution >= 4 is 19.3 Å². The van der Waals surface area contributed by atoms with E-state index in [4.69, 9.17) is 11.2 Å². The minimum Gasteiger partial charge on any atom is -0.322 e. The first-order valence-corrected chi connectivity index (χ1v) is 3.89. The molecule has 1 atom stereocenters. The van der Waals surface area contributed by atoms with Gasteiger partial charge in [-0.25, -0.2) is 0 Å². The van der Waals surface area contributed by atoms with Crippen LogP contribution in [0.1, 0.15) is 0 Å². The Balaban J connectivity index is 2.76. The normalized spacial score (nSPS) is 11.0. The zero-order chi connectivity index (χ0) is 5.11. The van der Waals surface area contributed by atoms with E-state index >= 15 is 0 Å². The van der Waals surface area contributed by atoms with Gasteiger partial charge in [0.15, 0.2) is 0 Å². The fourth-order valence-electron chi connectivity index (χ4n) is 0.391. The highest BCUT2D eigenvalue weighted by Gasteiger charge is 1.77. The van der Waals surface area contributed by atoms with E-state index in [-0.39, 0.29) is 0 Å². The molecule has 3 heteroatoms. The molecule has 0 amide bonds. The van der Waals surface area contributed by atoms with Gasteiger partial charge < -0.3 is 4.34 Å². The van der Waals surface area contributed by atoms with Crippen LogP contribution in [0.25, 0.3) is 0 Å². The van der Waals surface area contributed by atoms with Crippen LogP contribution in [-0.4, -0.2) is 4.34 Å². The highest BCUT2D eigenvalue weighted by molar-refractivity contribution is 7.67. The van der Waals surface area contributed by atoms with Crippen LogP contribution in [-0.2, 0) is 0 Å². The predicted molar refractivity (Wildman–Crippen MR) is 34.0 cm³/mol. The molecule has 0 bridgehead atoms. The van der Waals surface area contributed by atoms with E-state index in [0.717, 1.165) is 0 Å². The third kappa shape index (κ3) is 1.19. The first-order valence-electron chi connectivity index (χ1n) is 1.93. The summed E-state index contributed by atoms with van der Waals surface area (Å²) in [5, 5.41) is 0. The monoisotopic (exact) mass is 133 g/mol. The number of rotatable bonds is 1. The second-order valence-corrected chi connectivity index (χ2v) is 2.37. The summed E-state index contributed by atoms with van der Waals surface area (Å²) in [5.41, 5.74) is 0. The Morgan fingerprint density at radius 1 is 1.29 bits per heavy atom. The van der Waals surface area contributed by atoms with Crippen LogP contribution in [0.5, 0.6) is 0 Å². The van der Waals surface area contributed by atoms with Crippen molar-refractivity contribution in [2.75, 3.05) is 0 Å².